The van der Waals surface area contributed by atoms with Gasteiger partial charge in [0.15, 0.2) is 5.78 Å². The third-order valence-corrected chi connectivity index (χ3v) is 6.85. The maximum atomic E-state index is 13.6. The van der Waals surface area contributed by atoms with Crippen molar-refractivity contribution in [3.05, 3.63) is 131 Å². The molecule has 0 amide bonds. The molecule has 34 heavy (non-hydrogen) atoms. The largest absolute Gasteiger partial charge is 0.497 e. The van der Waals surface area contributed by atoms with E-state index in [0.717, 1.165) is 24.3 Å². The summed E-state index contributed by atoms with van der Waals surface area (Å²) in [5.74, 6) is 0.914. The topological polar surface area (TPSA) is 29.5 Å². The van der Waals surface area contributed by atoms with Crippen LogP contribution in [0.5, 0.6) is 5.75 Å². The van der Waals surface area contributed by atoms with E-state index >= 15 is 0 Å². The summed E-state index contributed by atoms with van der Waals surface area (Å²) in [5.41, 5.74) is 5.79. The number of ether oxygens (including phenoxy) is 1. The van der Waals surface area contributed by atoms with Gasteiger partial charge in [0.1, 0.15) is 5.75 Å². The van der Waals surface area contributed by atoms with E-state index in [1.807, 2.05) is 30.3 Å². The van der Waals surface area contributed by atoms with Crippen molar-refractivity contribution in [2.24, 2.45) is 0 Å². The molecule has 0 spiro atoms. The highest BCUT2D eigenvalue weighted by Gasteiger charge is 2.36. The maximum absolute atomic E-state index is 13.6. The lowest BCUT2D eigenvalue weighted by Gasteiger charge is -2.43. The highest BCUT2D eigenvalue weighted by Crippen LogP contribution is 2.44. The molecule has 4 aromatic carbocycles. The Morgan fingerprint density at radius 2 is 1.50 bits per heavy atom. The van der Waals surface area contributed by atoms with Gasteiger partial charge in [-0.15, -0.1) is 0 Å². The number of methoxy groups -OCH3 is 1. The van der Waals surface area contributed by atoms with Crippen molar-refractivity contribution >= 4 is 11.5 Å². The fourth-order valence-electron chi connectivity index (χ4n) is 5.15. The molecule has 1 heterocycles. The number of rotatable bonds is 7. The van der Waals surface area contributed by atoms with Gasteiger partial charge in [0, 0.05) is 30.1 Å². The van der Waals surface area contributed by atoms with Crippen LogP contribution in [0.1, 0.15) is 45.4 Å². The minimum atomic E-state index is 0.0115. The van der Waals surface area contributed by atoms with E-state index in [4.69, 9.17) is 4.74 Å². The number of para-hydroxylation sites is 1. The molecule has 5 rings (SSSR count). The van der Waals surface area contributed by atoms with E-state index in [2.05, 4.69) is 83.8 Å². The number of hydrogen-bond donors (Lipinski definition) is 0. The van der Waals surface area contributed by atoms with E-state index in [1.165, 1.54) is 22.4 Å². The Bertz CT molecular complexity index is 1240. The van der Waals surface area contributed by atoms with Gasteiger partial charge in [-0.1, -0.05) is 72.8 Å². The number of Topliss-reactive ketones (excluding diaryl/α,β-unsaturated/α-hetero) is 1. The third kappa shape index (κ3) is 4.47. The Hall–Kier alpha value is -3.85. The van der Waals surface area contributed by atoms with Gasteiger partial charge in [0.2, 0.25) is 0 Å². The van der Waals surface area contributed by atoms with Crippen LogP contribution in [-0.2, 0) is 6.42 Å². The van der Waals surface area contributed by atoms with Crippen LogP contribution in [-0.4, -0.2) is 19.4 Å². The van der Waals surface area contributed by atoms with Gasteiger partial charge in [-0.25, -0.2) is 0 Å². The molecule has 1 aliphatic heterocycles. The van der Waals surface area contributed by atoms with Crippen molar-refractivity contribution < 1.29 is 9.53 Å². The predicted molar refractivity (Wildman–Crippen MR) is 138 cm³/mol. The molecule has 0 saturated carbocycles. The number of fused-ring (bicyclic) bond motifs is 1. The average Bonchev–Trinajstić information content (AvgIpc) is 2.92. The lowest BCUT2D eigenvalue weighted by Crippen LogP contribution is -2.39. The summed E-state index contributed by atoms with van der Waals surface area (Å²) >= 11 is 0. The molecule has 3 nitrogen and oxygen atoms in total. The van der Waals surface area contributed by atoms with Crippen molar-refractivity contribution in [1.29, 1.82) is 0 Å². The Kier molecular flexibility index (Phi) is 6.44. The van der Waals surface area contributed by atoms with Crippen molar-refractivity contribution in [2.75, 3.05) is 18.6 Å². The molecule has 0 N–H and O–H groups in total. The molecule has 0 radical (unpaired) electrons. The molecule has 2 atom stereocenters. The first kappa shape index (κ1) is 22.0. The Morgan fingerprint density at radius 1 is 0.853 bits per heavy atom. The average molecular weight is 448 g/mol. The molecule has 1 aliphatic rings. The Morgan fingerprint density at radius 3 is 2.21 bits per heavy atom. The summed E-state index contributed by atoms with van der Waals surface area (Å²) in [7, 11) is 1.64. The van der Waals surface area contributed by atoms with Crippen LogP contribution in [0.2, 0.25) is 0 Å². The van der Waals surface area contributed by atoms with E-state index in [1.54, 1.807) is 7.11 Å². The minimum absolute atomic E-state index is 0.0115. The van der Waals surface area contributed by atoms with Crippen LogP contribution in [0.25, 0.3) is 0 Å². The van der Waals surface area contributed by atoms with Crippen LogP contribution in [0.3, 0.4) is 0 Å². The summed E-state index contributed by atoms with van der Waals surface area (Å²) < 4.78 is 5.28. The number of anilines is 1. The summed E-state index contributed by atoms with van der Waals surface area (Å²) in [6, 6.07) is 37.3. The molecule has 0 aliphatic carbocycles. The van der Waals surface area contributed by atoms with Gasteiger partial charge >= 0.3 is 0 Å². The van der Waals surface area contributed by atoms with Crippen molar-refractivity contribution in [3.8, 4) is 5.75 Å². The lowest BCUT2D eigenvalue weighted by molar-refractivity contribution is 0.0968. The lowest BCUT2D eigenvalue weighted by atomic mass is 9.78. The van der Waals surface area contributed by atoms with Crippen molar-refractivity contribution in [2.45, 2.75) is 24.8 Å². The molecular formula is C31H29NO2. The van der Waals surface area contributed by atoms with Gasteiger partial charge in [-0.3, -0.25) is 4.79 Å². The highest BCUT2D eigenvalue weighted by atomic mass is 16.5. The second-order valence-corrected chi connectivity index (χ2v) is 8.80. The molecule has 0 saturated heterocycles. The van der Waals surface area contributed by atoms with E-state index in [-0.39, 0.29) is 17.7 Å². The summed E-state index contributed by atoms with van der Waals surface area (Å²) in [6.07, 6.45) is 1.42. The van der Waals surface area contributed by atoms with E-state index < -0.39 is 0 Å². The molecule has 3 heteroatoms. The predicted octanol–water partition coefficient (Wildman–Crippen LogP) is 6.86. The molecule has 2 unspecified atom stereocenters. The minimum Gasteiger partial charge on any atom is -0.497 e. The second kappa shape index (κ2) is 9.96. The van der Waals surface area contributed by atoms with Gasteiger partial charge < -0.3 is 9.64 Å². The zero-order valence-corrected chi connectivity index (χ0v) is 19.4. The first-order chi connectivity index (χ1) is 16.7. The van der Waals surface area contributed by atoms with E-state index in [9.17, 15) is 4.79 Å². The molecule has 4 aromatic rings. The van der Waals surface area contributed by atoms with Gasteiger partial charge in [-0.2, -0.15) is 0 Å². The number of carbonyl (C=O) groups excluding carboxylic acids is 1. The number of hydrogen-bond acceptors (Lipinski definition) is 3. The van der Waals surface area contributed by atoms with Crippen molar-refractivity contribution in [3.63, 3.8) is 0 Å². The summed E-state index contributed by atoms with van der Waals surface area (Å²) in [6.45, 7) is 0.922. The monoisotopic (exact) mass is 447 g/mol. The van der Waals surface area contributed by atoms with Crippen LogP contribution in [0, 0.1) is 0 Å². The quantitative estimate of drug-likeness (QED) is 0.290. The zero-order valence-electron chi connectivity index (χ0n) is 19.4. The van der Waals surface area contributed by atoms with Crippen LogP contribution in [0.15, 0.2) is 109 Å². The second-order valence-electron chi connectivity index (χ2n) is 8.80. The van der Waals surface area contributed by atoms with Crippen LogP contribution >= 0.6 is 0 Å². The standard InChI is InChI=1S/C31H29NO2/c1-34-27-18-16-25(17-19-27)30(33)22-29(23-10-4-2-5-11-23)31-28-15-9-8-12-24(28)20-21-32(31)26-13-6-3-7-14-26/h2-19,29,31H,20-22H2,1H3. The SMILES string of the molecule is COc1ccc(C(=O)CC(c2ccccc2)C2c3ccccc3CCN2c2ccccc2)cc1. The molecule has 0 bridgehead atoms. The van der Waals surface area contributed by atoms with Crippen molar-refractivity contribution in [1.82, 2.24) is 0 Å². The number of ketones is 1. The molecule has 170 valence electrons. The summed E-state index contributed by atoms with van der Waals surface area (Å²) in [5, 5.41) is 0. The molecule has 0 aromatic heterocycles. The normalized spacial score (nSPS) is 15.9. The third-order valence-electron chi connectivity index (χ3n) is 6.85. The summed E-state index contributed by atoms with van der Waals surface area (Å²) in [4.78, 5) is 16.1. The van der Waals surface area contributed by atoms with Gasteiger partial charge in [0.25, 0.3) is 0 Å². The fraction of sp³-hybridized carbons (Fsp3) is 0.194. The maximum Gasteiger partial charge on any atom is 0.163 e. The van der Waals surface area contributed by atoms with Crippen LogP contribution < -0.4 is 9.64 Å². The van der Waals surface area contributed by atoms with Crippen LogP contribution in [0.4, 0.5) is 5.69 Å². The smallest absolute Gasteiger partial charge is 0.163 e. The molecular weight excluding hydrogens is 418 g/mol. The van der Waals surface area contributed by atoms with Gasteiger partial charge in [-0.05, 0) is 59.5 Å². The van der Waals surface area contributed by atoms with E-state index in [0.29, 0.717) is 6.42 Å². The fourth-order valence-corrected chi connectivity index (χ4v) is 5.15. The Balaban J connectivity index is 1.59. The number of carbonyl (C=O) groups is 1. The highest BCUT2D eigenvalue weighted by molar-refractivity contribution is 5.96. The zero-order chi connectivity index (χ0) is 23.3. The first-order valence-electron chi connectivity index (χ1n) is 11.9. The molecule has 0 fully saturated rings. The first-order valence-corrected chi connectivity index (χ1v) is 11.9. The number of nitrogens with zero attached hydrogens (tertiary/aromatic N) is 1. The van der Waals surface area contributed by atoms with Gasteiger partial charge in [0.05, 0.1) is 13.2 Å². The Labute approximate surface area is 201 Å². The number of benzene rings is 4.